The molecule has 2 heteroatoms. The Morgan fingerprint density at radius 3 is 2.46 bits per heavy atom. The SMILES string of the molecule is CC(=O)C=CSc1ccc(C)cc1. The fourth-order valence-electron chi connectivity index (χ4n) is 0.825. The summed E-state index contributed by atoms with van der Waals surface area (Å²) in [6.07, 6.45) is 1.57. The van der Waals surface area contributed by atoms with Crippen LogP contribution in [0.15, 0.2) is 40.6 Å². The third-order valence-corrected chi connectivity index (χ3v) is 2.34. The minimum atomic E-state index is 0.0830. The summed E-state index contributed by atoms with van der Waals surface area (Å²) in [5.41, 5.74) is 1.25. The van der Waals surface area contributed by atoms with Crippen molar-refractivity contribution in [2.24, 2.45) is 0 Å². The summed E-state index contributed by atoms with van der Waals surface area (Å²) in [4.78, 5) is 11.7. The number of ketones is 1. The molecule has 0 saturated carbocycles. The Morgan fingerprint density at radius 1 is 1.31 bits per heavy atom. The van der Waals surface area contributed by atoms with Crippen LogP contribution in [0.1, 0.15) is 12.5 Å². The largest absolute Gasteiger partial charge is 0.295 e. The smallest absolute Gasteiger partial charge is 0.153 e. The maximum absolute atomic E-state index is 10.6. The molecule has 0 aliphatic carbocycles. The molecule has 0 radical (unpaired) electrons. The zero-order chi connectivity index (χ0) is 9.68. The van der Waals surface area contributed by atoms with Crippen LogP contribution in [0, 0.1) is 6.92 Å². The summed E-state index contributed by atoms with van der Waals surface area (Å²) < 4.78 is 0. The van der Waals surface area contributed by atoms with Crippen molar-refractivity contribution in [3.05, 3.63) is 41.3 Å². The van der Waals surface area contributed by atoms with Crippen molar-refractivity contribution in [1.82, 2.24) is 0 Å². The summed E-state index contributed by atoms with van der Waals surface area (Å²) in [6, 6.07) is 8.21. The predicted molar refractivity (Wildman–Crippen MR) is 56.9 cm³/mol. The highest BCUT2D eigenvalue weighted by Crippen LogP contribution is 2.18. The molecule has 1 rings (SSSR count). The number of carbonyl (C=O) groups is 1. The first-order valence-corrected chi connectivity index (χ1v) is 4.97. The second kappa shape index (κ2) is 4.87. The zero-order valence-electron chi connectivity index (χ0n) is 7.78. The molecule has 0 aromatic heterocycles. The third-order valence-electron chi connectivity index (χ3n) is 1.53. The van der Waals surface area contributed by atoms with E-state index in [2.05, 4.69) is 19.1 Å². The molecular formula is C11H12OS. The predicted octanol–water partition coefficient (Wildman–Crippen LogP) is 3.19. The maximum atomic E-state index is 10.6. The quantitative estimate of drug-likeness (QED) is 0.540. The normalized spacial score (nSPS) is 10.6. The van der Waals surface area contributed by atoms with Crippen LogP contribution in [0.4, 0.5) is 0 Å². The average Bonchev–Trinajstić information content (AvgIpc) is 2.08. The summed E-state index contributed by atoms with van der Waals surface area (Å²) in [7, 11) is 0. The molecule has 13 heavy (non-hydrogen) atoms. The van der Waals surface area contributed by atoms with Gasteiger partial charge in [-0.1, -0.05) is 29.5 Å². The van der Waals surface area contributed by atoms with Crippen molar-refractivity contribution in [1.29, 1.82) is 0 Å². The van der Waals surface area contributed by atoms with Gasteiger partial charge in [-0.25, -0.2) is 0 Å². The molecule has 0 saturated heterocycles. The van der Waals surface area contributed by atoms with E-state index in [-0.39, 0.29) is 5.78 Å². The number of carbonyl (C=O) groups excluding carboxylic acids is 1. The Hall–Kier alpha value is -1.02. The number of hydrogen-bond acceptors (Lipinski definition) is 2. The number of benzene rings is 1. The fraction of sp³-hybridized carbons (Fsp3) is 0.182. The molecule has 0 amide bonds. The van der Waals surface area contributed by atoms with E-state index in [9.17, 15) is 4.79 Å². The van der Waals surface area contributed by atoms with Crippen molar-refractivity contribution >= 4 is 17.5 Å². The summed E-state index contributed by atoms with van der Waals surface area (Å²) in [5, 5.41) is 1.81. The molecule has 0 aliphatic rings. The van der Waals surface area contributed by atoms with Crippen molar-refractivity contribution in [2.75, 3.05) is 0 Å². The second-order valence-electron chi connectivity index (χ2n) is 2.84. The molecule has 0 fully saturated rings. The molecule has 0 N–H and O–H groups in total. The minimum Gasteiger partial charge on any atom is -0.295 e. The van der Waals surface area contributed by atoms with Crippen molar-refractivity contribution in [2.45, 2.75) is 18.7 Å². The van der Waals surface area contributed by atoms with Gasteiger partial charge in [0.05, 0.1) is 0 Å². The highest BCUT2D eigenvalue weighted by molar-refractivity contribution is 8.02. The monoisotopic (exact) mass is 192 g/mol. The summed E-state index contributed by atoms with van der Waals surface area (Å²) in [6.45, 7) is 3.60. The molecule has 0 spiro atoms. The maximum Gasteiger partial charge on any atom is 0.153 e. The van der Waals surface area contributed by atoms with Crippen LogP contribution in [0.2, 0.25) is 0 Å². The van der Waals surface area contributed by atoms with E-state index in [0.29, 0.717) is 0 Å². The van der Waals surface area contributed by atoms with Crippen LogP contribution >= 0.6 is 11.8 Å². The highest BCUT2D eigenvalue weighted by Gasteiger charge is 1.89. The number of thioether (sulfide) groups is 1. The Labute approximate surface area is 82.9 Å². The van der Waals surface area contributed by atoms with Crippen LogP contribution in [-0.4, -0.2) is 5.78 Å². The van der Waals surface area contributed by atoms with E-state index >= 15 is 0 Å². The molecule has 1 nitrogen and oxygen atoms in total. The Bertz CT molecular complexity index is 311. The standard InChI is InChI=1S/C11H12OS/c1-9-3-5-11(6-4-9)13-8-7-10(2)12/h3-8H,1-2H3. The lowest BCUT2D eigenvalue weighted by atomic mass is 10.2. The zero-order valence-corrected chi connectivity index (χ0v) is 8.60. The van der Waals surface area contributed by atoms with E-state index in [1.807, 2.05) is 17.5 Å². The molecule has 68 valence electrons. The average molecular weight is 192 g/mol. The van der Waals surface area contributed by atoms with Gasteiger partial charge in [0.25, 0.3) is 0 Å². The molecule has 0 atom stereocenters. The molecule has 0 aliphatic heterocycles. The van der Waals surface area contributed by atoms with E-state index < -0.39 is 0 Å². The van der Waals surface area contributed by atoms with Crippen molar-refractivity contribution in [3.63, 3.8) is 0 Å². The Kier molecular flexibility index (Phi) is 3.77. The van der Waals surface area contributed by atoms with Gasteiger partial charge >= 0.3 is 0 Å². The van der Waals surface area contributed by atoms with Crippen LogP contribution in [0.25, 0.3) is 0 Å². The van der Waals surface area contributed by atoms with Crippen molar-refractivity contribution in [3.8, 4) is 0 Å². The van der Waals surface area contributed by atoms with Crippen molar-refractivity contribution < 1.29 is 4.79 Å². The Balaban J connectivity index is 2.55. The van der Waals surface area contributed by atoms with E-state index in [1.165, 1.54) is 5.56 Å². The number of aryl methyl sites for hydroxylation is 1. The highest BCUT2D eigenvalue weighted by atomic mass is 32.2. The lowest BCUT2D eigenvalue weighted by molar-refractivity contribution is -0.112. The van der Waals surface area contributed by atoms with Gasteiger partial charge in [-0.3, -0.25) is 4.79 Å². The van der Waals surface area contributed by atoms with Gasteiger partial charge in [-0.05, 0) is 37.5 Å². The molecule has 1 aromatic rings. The van der Waals surface area contributed by atoms with Gasteiger partial charge in [0.1, 0.15) is 0 Å². The first-order valence-electron chi connectivity index (χ1n) is 4.09. The third kappa shape index (κ3) is 3.95. The van der Waals surface area contributed by atoms with Gasteiger partial charge in [-0.2, -0.15) is 0 Å². The Morgan fingerprint density at radius 2 is 1.92 bits per heavy atom. The van der Waals surface area contributed by atoms with Gasteiger partial charge in [0.2, 0.25) is 0 Å². The van der Waals surface area contributed by atoms with E-state index in [4.69, 9.17) is 0 Å². The van der Waals surface area contributed by atoms with Gasteiger partial charge in [0.15, 0.2) is 5.78 Å². The van der Waals surface area contributed by atoms with Crippen LogP contribution in [0.3, 0.4) is 0 Å². The van der Waals surface area contributed by atoms with Gasteiger partial charge in [0, 0.05) is 4.90 Å². The number of rotatable bonds is 3. The molecular weight excluding hydrogens is 180 g/mol. The first kappa shape index (κ1) is 10.1. The number of hydrogen-bond donors (Lipinski definition) is 0. The lowest BCUT2D eigenvalue weighted by Gasteiger charge is -1.95. The van der Waals surface area contributed by atoms with Crippen LogP contribution in [0.5, 0.6) is 0 Å². The first-order chi connectivity index (χ1) is 6.18. The van der Waals surface area contributed by atoms with Crippen LogP contribution < -0.4 is 0 Å². The number of allylic oxidation sites excluding steroid dienone is 1. The molecule has 0 bridgehead atoms. The second-order valence-corrected chi connectivity index (χ2v) is 3.82. The van der Waals surface area contributed by atoms with E-state index in [0.717, 1.165) is 4.90 Å². The van der Waals surface area contributed by atoms with E-state index in [1.54, 1.807) is 24.8 Å². The molecule has 0 unspecified atom stereocenters. The fourth-order valence-corrected chi connectivity index (χ4v) is 1.54. The lowest BCUT2D eigenvalue weighted by Crippen LogP contribution is -1.77. The summed E-state index contributed by atoms with van der Waals surface area (Å²) >= 11 is 1.56. The topological polar surface area (TPSA) is 17.1 Å². The molecule has 0 heterocycles. The van der Waals surface area contributed by atoms with Gasteiger partial charge in [-0.15, -0.1) is 0 Å². The van der Waals surface area contributed by atoms with Gasteiger partial charge < -0.3 is 0 Å². The minimum absolute atomic E-state index is 0.0830. The van der Waals surface area contributed by atoms with Crippen LogP contribution in [-0.2, 0) is 4.79 Å². The molecule has 1 aromatic carbocycles. The summed E-state index contributed by atoms with van der Waals surface area (Å²) in [5.74, 6) is 0.0830.